The Morgan fingerprint density at radius 2 is 1.29 bits per heavy atom. The Balaban J connectivity index is 1.53. The second-order valence-corrected chi connectivity index (χ2v) is 8.85. The van der Waals surface area contributed by atoms with Gasteiger partial charge in [-0.15, -0.1) is 6.58 Å². The molecule has 5 nitrogen and oxygen atoms in total. The fraction of sp³-hybridized carbons (Fsp3) is 0.333. The molecule has 0 spiro atoms. The lowest BCUT2D eigenvalue weighted by Gasteiger charge is -2.33. The number of ether oxygens (including phenoxy) is 4. The van der Waals surface area contributed by atoms with E-state index in [1.807, 2.05) is 91.0 Å². The van der Waals surface area contributed by atoms with Crippen LogP contribution in [0.1, 0.15) is 23.1 Å². The fourth-order valence-corrected chi connectivity index (χ4v) is 4.49. The number of aliphatic hydroxyl groups excluding tert-OH is 1. The first-order valence-electron chi connectivity index (χ1n) is 12.1. The van der Waals surface area contributed by atoms with Gasteiger partial charge in [0.1, 0.15) is 23.9 Å². The van der Waals surface area contributed by atoms with Gasteiger partial charge in [-0.2, -0.15) is 0 Å². The minimum absolute atomic E-state index is 0.209. The Morgan fingerprint density at radius 3 is 1.80 bits per heavy atom. The molecule has 1 saturated heterocycles. The van der Waals surface area contributed by atoms with Gasteiger partial charge in [-0.1, -0.05) is 97.1 Å². The van der Waals surface area contributed by atoms with Gasteiger partial charge >= 0.3 is 0 Å². The zero-order valence-corrected chi connectivity index (χ0v) is 20.0. The molecule has 184 valence electrons. The van der Waals surface area contributed by atoms with Gasteiger partial charge in [0, 0.05) is 0 Å². The summed E-state index contributed by atoms with van der Waals surface area (Å²) in [7, 11) is 0. The van der Waals surface area contributed by atoms with E-state index in [1.54, 1.807) is 6.08 Å². The van der Waals surface area contributed by atoms with Crippen molar-refractivity contribution >= 4 is 0 Å². The molecule has 5 heteroatoms. The van der Waals surface area contributed by atoms with E-state index in [4.69, 9.17) is 18.9 Å². The maximum Gasteiger partial charge on any atom is 0.124 e. The van der Waals surface area contributed by atoms with Crippen LogP contribution in [0.5, 0.6) is 0 Å². The van der Waals surface area contributed by atoms with Gasteiger partial charge in [0.15, 0.2) is 0 Å². The maximum atomic E-state index is 10.5. The Labute approximate surface area is 207 Å². The van der Waals surface area contributed by atoms with Gasteiger partial charge in [-0.25, -0.2) is 0 Å². The lowest BCUT2D eigenvalue weighted by molar-refractivity contribution is -0.139. The molecule has 1 N–H and O–H groups in total. The monoisotopic (exact) mass is 474 g/mol. The molecule has 1 heterocycles. The topological polar surface area (TPSA) is 57.2 Å². The molecule has 0 bridgehead atoms. The van der Waals surface area contributed by atoms with Crippen molar-refractivity contribution in [2.24, 2.45) is 0 Å². The van der Waals surface area contributed by atoms with Crippen molar-refractivity contribution < 1.29 is 24.1 Å². The van der Waals surface area contributed by atoms with E-state index in [0.717, 1.165) is 16.7 Å². The van der Waals surface area contributed by atoms with Crippen LogP contribution < -0.4 is 0 Å². The van der Waals surface area contributed by atoms with Crippen molar-refractivity contribution in [3.05, 3.63) is 120 Å². The highest BCUT2D eigenvalue weighted by molar-refractivity contribution is 5.16. The normalized spacial score (nSPS) is 23.9. The summed E-state index contributed by atoms with van der Waals surface area (Å²) in [4.78, 5) is 0. The highest BCUT2D eigenvalue weighted by Gasteiger charge is 2.55. The molecule has 4 atom stereocenters. The summed E-state index contributed by atoms with van der Waals surface area (Å²) in [6.07, 6.45) is 0.858. The van der Waals surface area contributed by atoms with E-state index in [0.29, 0.717) is 32.8 Å². The molecule has 3 aromatic carbocycles. The summed E-state index contributed by atoms with van der Waals surface area (Å²) in [5.74, 6) is 0. The molecular formula is C30H34O5. The van der Waals surface area contributed by atoms with E-state index in [2.05, 4.69) is 6.58 Å². The first-order chi connectivity index (χ1) is 17.2. The number of benzene rings is 3. The van der Waals surface area contributed by atoms with Crippen LogP contribution in [0, 0.1) is 0 Å². The SMILES string of the molecule is C=CC[C@@]1(CO)O[C@H](COCc2ccccc2)[C@@H](OCc2ccccc2)[C@@H]1OCc1ccccc1. The van der Waals surface area contributed by atoms with Crippen molar-refractivity contribution in [3.63, 3.8) is 0 Å². The van der Waals surface area contributed by atoms with Gasteiger partial charge in [0.2, 0.25) is 0 Å². The third-order valence-corrected chi connectivity index (χ3v) is 6.28. The number of aliphatic hydroxyl groups is 1. The lowest BCUT2D eigenvalue weighted by Crippen LogP contribution is -2.48. The largest absolute Gasteiger partial charge is 0.393 e. The number of rotatable bonds is 13. The molecule has 0 unspecified atom stereocenters. The van der Waals surface area contributed by atoms with E-state index in [-0.39, 0.29) is 6.61 Å². The molecule has 35 heavy (non-hydrogen) atoms. The van der Waals surface area contributed by atoms with Crippen molar-refractivity contribution in [2.45, 2.75) is 50.2 Å². The molecular weight excluding hydrogens is 440 g/mol. The minimum Gasteiger partial charge on any atom is -0.393 e. The maximum absolute atomic E-state index is 10.5. The van der Waals surface area contributed by atoms with Gasteiger partial charge in [0.05, 0.1) is 33.0 Å². The predicted octanol–water partition coefficient (Wildman–Crippen LogP) is 5.08. The minimum atomic E-state index is -0.960. The third kappa shape index (κ3) is 6.66. The Hall–Kier alpha value is -2.80. The van der Waals surface area contributed by atoms with Crippen LogP contribution in [0.2, 0.25) is 0 Å². The Morgan fingerprint density at radius 1 is 0.771 bits per heavy atom. The van der Waals surface area contributed by atoms with Crippen LogP contribution in [0.4, 0.5) is 0 Å². The highest BCUT2D eigenvalue weighted by atomic mass is 16.6. The smallest absolute Gasteiger partial charge is 0.124 e. The molecule has 1 aliphatic rings. The van der Waals surface area contributed by atoms with Gasteiger partial charge in [0.25, 0.3) is 0 Å². The molecule has 1 fully saturated rings. The highest BCUT2D eigenvalue weighted by Crippen LogP contribution is 2.39. The van der Waals surface area contributed by atoms with Crippen LogP contribution in [0.25, 0.3) is 0 Å². The molecule has 0 aromatic heterocycles. The second-order valence-electron chi connectivity index (χ2n) is 8.85. The van der Waals surface area contributed by atoms with Crippen LogP contribution in [0.15, 0.2) is 104 Å². The van der Waals surface area contributed by atoms with Crippen LogP contribution in [-0.2, 0) is 38.8 Å². The molecule has 4 rings (SSSR count). The molecule has 0 aliphatic carbocycles. The van der Waals surface area contributed by atoms with E-state index in [9.17, 15) is 5.11 Å². The molecule has 3 aromatic rings. The summed E-state index contributed by atoms with van der Waals surface area (Å²) in [6, 6.07) is 30.0. The first-order valence-corrected chi connectivity index (χ1v) is 12.1. The molecule has 0 amide bonds. The van der Waals surface area contributed by atoms with E-state index in [1.165, 1.54) is 0 Å². The zero-order chi connectivity index (χ0) is 24.3. The summed E-state index contributed by atoms with van der Waals surface area (Å²) in [5, 5.41) is 10.5. The van der Waals surface area contributed by atoms with Crippen LogP contribution in [0.3, 0.4) is 0 Å². The van der Waals surface area contributed by atoms with Crippen LogP contribution >= 0.6 is 0 Å². The van der Waals surface area contributed by atoms with Gasteiger partial charge in [-0.05, 0) is 23.1 Å². The predicted molar refractivity (Wildman–Crippen MR) is 136 cm³/mol. The van der Waals surface area contributed by atoms with Gasteiger partial charge < -0.3 is 24.1 Å². The lowest BCUT2D eigenvalue weighted by atomic mass is 9.91. The molecule has 0 radical (unpaired) electrons. The summed E-state index contributed by atoms with van der Waals surface area (Å²) >= 11 is 0. The van der Waals surface area contributed by atoms with Crippen molar-refractivity contribution in [1.82, 2.24) is 0 Å². The van der Waals surface area contributed by atoms with Gasteiger partial charge in [-0.3, -0.25) is 0 Å². The van der Waals surface area contributed by atoms with E-state index >= 15 is 0 Å². The first kappa shape index (κ1) is 25.3. The van der Waals surface area contributed by atoms with E-state index < -0.39 is 23.9 Å². The average Bonchev–Trinajstić information content (AvgIpc) is 3.20. The molecule has 0 saturated carbocycles. The average molecular weight is 475 g/mol. The summed E-state index contributed by atoms with van der Waals surface area (Å²) in [5.41, 5.74) is 2.23. The summed E-state index contributed by atoms with van der Waals surface area (Å²) in [6.45, 7) is 5.27. The molecule has 1 aliphatic heterocycles. The Bertz CT molecular complexity index is 1010. The summed E-state index contributed by atoms with van der Waals surface area (Å²) < 4.78 is 25.4. The zero-order valence-electron chi connectivity index (χ0n) is 20.0. The van der Waals surface area contributed by atoms with Crippen molar-refractivity contribution in [1.29, 1.82) is 0 Å². The van der Waals surface area contributed by atoms with Crippen molar-refractivity contribution in [2.75, 3.05) is 13.2 Å². The number of hydrogen-bond acceptors (Lipinski definition) is 5. The quantitative estimate of drug-likeness (QED) is 0.350. The second kappa shape index (κ2) is 12.8. The van der Waals surface area contributed by atoms with Crippen molar-refractivity contribution in [3.8, 4) is 0 Å². The standard InChI is InChI=1S/C30H34O5/c1-2-18-30(23-31)29(34-21-26-16-10-5-11-17-26)28(33-20-25-14-8-4-9-15-25)27(35-30)22-32-19-24-12-6-3-7-13-24/h2-17,27-29,31H,1,18-23H2/t27-,28-,29+,30+/m1/s1. The third-order valence-electron chi connectivity index (χ3n) is 6.28. The fourth-order valence-electron chi connectivity index (χ4n) is 4.49. The number of hydrogen-bond donors (Lipinski definition) is 1. The Kier molecular flexibility index (Phi) is 9.23. The van der Waals surface area contributed by atoms with Crippen LogP contribution in [-0.4, -0.2) is 42.2 Å².